The van der Waals surface area contributed by atoms with Gasteiger partial charge in [-0.25, -0.2) is 0 Å². The van der Waals surface area contributed by atoms with Crippen LogP contribution in [0.2, 0.25) is 0 Å². The highest BCUT2D eigenvalue weighted by atomic mass is 35.5. The number of rotatable bonds is 3. The van der Waals surface area contributed by atoms with Gasteiger partial charge >= 0.3 is 0 Å². The highest BCUT2D eigenvalue weighted by molar-refractivity contribution is 6.18. The fourth-order valence-electron chi connectivity index (χ4n) is 1.44. The predicted molar refractivity (Wildman–Crippen MR) is 50.8 cm³/mol. The molecule has 1 fully saturated rings. The van der Waals surface area contributed by atoms with Crippen LogP contribution in [0.15, 0.2) is 0 Å². The minimum absolute atomic E-state index is 0.175. The molecule has 5 heteroatoms. The molecule has 0 atom stereocenters. The van der Waals surface area contributed by atoms with Crippen molar-refractivity contribution < 1.29 is 9.90 Å². The Hall–Kier alpha value is -0.320. The lowest BCUT2D eigenvalue weighted by molar-refractivity contribution is -0.135. The van der Waals surface area contributed by atoms with Crippen LogP contribution in [-0.4, -0.2) is 66.0 Å². The van der Waals surface area contributed by atoms with E-state index >= 15 is 0 Å². The van der Waals surface area contributed by atoms with Gasteiger partial charge in [0, 0.05) is 38.6 Å². The van der Waals surface area contributed by atoms with E-state index in [1.165, 1.54) is 0 Å². The Bertz CT molecular complexity index is 170. The summed E-state index contributed by atoms with van der Waals surface area (Å²) in [7, 11) is 0. The number of hydrogen-bond acceptors (Lipinski definition) is 3. The van der Waals surface area contributed by atoms with Crippen LogP contribution in [0.1, 0.15) is 0 Å². The van der Waals surface area contributed by atoms with Crippen molar-refractivity contribution in [2.24, 2.45) is 0 Å². The molecule has 1 heterocycles. The van der Waals surface area contributed by atoms with Crippen molar-refractivity contribution >= 4 is 17.5 Å². The minimum atomic E-state index is -0.379. The van der Waals surface area contributed by atoms with Gasteiger partial charge in [0.05, 0.1) is 0 Å². The lowest BCUT2D eigenvalue weighted by atomic mass is 10.3. The molecule has 1 aliphatic rings. The average molecular weight is 207 g/mol. The predicted octanol–water partition coefficient (Wildman–Crippen LogP) is -0.638. The summed E-state index contributed by atoms with van der Waals surface area (Å²) in [6.07, 6.45) is 0. The van der Waals surface area contributed by atoms with Gasteiger partial charge in [0.25, 0.3) is 0 Å². The van der Waals surface area contributed by atoms with Gasteiger partial charge in [-0.3, -0.25) is 9.69 Å². The quantitative estimate of drug-likeness (QED) is 0.625. The van der Waals surface area contributed by atoms with E-state index in [0.717, 1.165) is 19.6 Å². The van der Waals surface area contributed by atoms with E-state index in [0.29, 0.717) is 19.0 Å². The van der Waals surface area contributed by atoms with Crippen molar-refractivity contribution in [1.82, 2.24) is 9.80 Å². The van der Waals surface area contributed by atoms with E-state index in [1.807, 2.05) is 0 Å². The van der Waals surface area contributed by atoms with Gasteiger partial charge in [-0.2, -0.15) is 0 Å². The van der Waals surface area contributed by atoms with Gasteiger partial charge < -0.3 is 10.0 Å². The number of alkyl halides is 1. The molecule has 0 aromatic rings. The molecule has 1 rings (SSSR count). The van der Waals surface area contributed by atoms with Gasteiger partial charge in [-0.15, -0.1) is 11.6 Å². The first-order valence-electron chi connectivity index (χ1n) is 4.45. The van der Waals surface area contributed by atoms with Crippen LogP contribution >= 0.6 is 11.6 Å². The zero-order chi connectivity index (χ0) is 9.68. The normalized spacial score (nSPS) is 19.1. The summed E-state index contributed by atoms with van der Waals surface area (Å²) in [6.45, 7) is 3.63. The molecule has 76 valence electrons. The van der Waals surface area contributed by atoms with E-state index in [2.05, 4.69) is 4.90 Å². The van der Waals surface area contributed by atoms with E-state index in [1.54, 1.807) is 4.90 Å². The molecule has 0 saturated carbocycles. The summed E-state index contributed by atoms with van der Waals surface area (Å²) in [5.74, 6) is 0.457. The average Bonchev–Trinajstić information content (AvgIpc) is 2.18. The van der Waals surface area contributed by atoms with Crippen molar-refractivity contribution in [3.63, 3.8) is 0 Å². The summed E-state index contributed by atoms with van der Waals surface area (Å²) < 4.78 is 0. The highest BCUT2D eigenvalue weighted by Gasteiger charge is 2.19. The molecule has 0 bridgehead atoms. The Morgan fingerprint density at radius 2 is 1.92 bits per heavy atom. The maximum absolute atomic E-state index is 11.1. The van der Waals surface area contributed by atoms with E-state index < -0.39 is 0 Å². The molecule has 13 heavy (non-hydrogen) atoms. The molecule has 0 radical (unpaired) electrons. The lowest BCUT2D eigenvalue weighted by Gasteiger charge is -2.33. The summed E-state index contributed by atoms with van der Waals surface area (Å²) in [5.41, 5.74) is 0. The first-order chi connectivity index (χ1) is 6.27. The molecule has 1 amide bonds. The molecule has 1 aliphatic heterocycles. The summed E-state index contributed by atoms with van der Waals surface area (Å²) >= 11 is 5.60. The number of aliphatic hydroxyl groups excluding tert-OH is 1. The van der Waals surface area contributed by atoms with Crippen molar-refractivity contribution in [3.8, 4) is 0 Å². The fourth-order valence-corrected chi connectivity index (χ4v) is 1.68. The Kier molecular flexibility index (Phi) is 4.48. The van der Waals surface area contributed by atoms with Crippen LogP contribution in [0, 0.1) is 0 Å². The van der Waals surface area contributed by atoms with E-state index in [4.69, 9.17) is 16.7 Å². The lowest BCUT2D eigenvalue weighted by Crippen LogP contribution is -2.49. The Labute approximate surface area is 83.1 Å². The van der Waals surface area contributed by atoms with Gasteiger partial charge in [0.2, 0.25) is 5.91 Å². The maximum atomic E-state index is 11.1. The van der Waals surface area contributed by atoms with Crippen LogP contribution in [0.4, 0.5) is 0 Å². The number of hydrogen-bond donors (Lipinski definition) is 1. The number of halogens is 1. The van der Waals surface area contributed by atoms with Gasteiger partial charge in [0.15, 0.2) is 0 Å². The topological polar surface area (TPSA) is 43.8 Å². The smallest absolute Gasteiger partial charge is 0.248 e. The maximum Gasteiger partial charge on any atom is 0.248 e. The number of aliphatic hydroxyl groups is 1. The van der Waals surface area contributed by atoms with Crippen molar-refractivity contribution in [2.45, 2.75) is 0 Å². The monoisotopic (exact) mass is 206 g/mol. The third-order valence-corrected chi connectivity index (χ3v) is 2.43. The molecule has 0 unspecified atom stereocenters. The standard InChI is InChI=1S/C8H15ClN2O2/c9-1-2-10-3-5-11(6-4-10)8(13)7-12/h12H,1-7H2. The van der Waals surface area contributed by atoms with Gasteiger partial charge in [-0.1, -0.05) is 0 Å². The molecule has 1 saturated heterocycles. The van der Waals surface area contributed by atoms with Crippen LogP contribution < -0.4 is 0 Å². The number of carbonyl (C=O) groups excluding carboxylic acids is 1. The Balaban J connectivity index is 2.26. The highest BCUT2D eigenvalue weighted by Crippen LogP contribution is 2.01. The van der Waals surface area contributed by atoms with Crippen molar-refractivity contribution in [1.29, 1.82) is 0 Å². The third kappa shape index (κ3) is 3.14. The van der Waals surface area contributed by atoms with Crippen LogP contribution in [0.3, 0.4) is 0 Å². The second kappa shape index (κ2) is 5.42. The van der Waals surface area contributed by atoms with Gasteiger partial charge in [-0.05, 0) is 0 Å². The summed E-state index contributed by atoms with van der Waals surface area (Å²) in [4.78, 5) is 15.0. The molecule has 0 aromatic carbocycles. The van der Waals surface area contributed by atoms with Crippen LogP contribution in [0.25, 0.3) is 0 Å². The van der Waals surface area contributed by atoms with E-state index in [9.17, 15) is 4.79 Å². The van der Waals surface area contributed by atoms with Crippen LogP contribution in [-0.2, 0) is 4.79 Å². The number of carbonyl (C=O) groups is 1. The SMILES string of the molecule is O=C(CO)N1CCN(CCCl)CC1. The number of nitrogens with zero attached hydrogens (tertiary/aromatic N) is 2. The first kappa shape index (κ1) is 10.8. The second-order valence-electron chi connectivity index (χ2n) is 3.07. The molecule has 0 aromatic heterocycles. The fraction of sp³-hybridized carbons (Fsp3) is 0.875. The van der Waals surface area contributed by atoms with Crippen LogP contribution in [0.5, 0.6) is 0 Å². The zero-order valence-corrected chi connectivity index (χ0v) is 8.33. The summed E-state index contributed by atoms with van der Waals surface area (Å²) in [6, 6.07) is 0. The first-order valence-corrected chi connectivity index (χ1v) is 4.98. The van der Waals surface area contributed by atoms with Gasteiger partial charge in [0.1, 0.15) is 6.61 Å². The van der Waals surface area contributed by atoms with Crippen molar-refractivity contribution in [3.05, 3.63) is 0 Å². The molecule has 4 nitrogen and oxygen atoms in total. The van der Waals surface area contributed by atoms with E-state index in [-0.39, 0.29) is 12.5 Å². The Morgan fingerprint density at radius 3 is 2.38 bits per heavy atom. The zero-order valence-electron chi connectivity index (χ0n) is 7.58. The molecular weight excluding hydrogens is 192 g/mol. The number of amides is 1. The second-order valence-corrected chi connectivity index (χ2v) is 3.45. The molecule has 0 spiro atoms. The molecule has 0 aliphatic carbocycles. The minimum Gasteiger partial charge on any atom is -0.387 e. The summed E-state index contributed by atoms with van der Waals surface area (Å²) in [5, 5.41) is 8.63. The van der Waals surface area contributed by atoms with Crippen molar-refractivity contribution in [2.75, 3.05) is 45.2 Å². The molecular formula is C8H15ClN2O2. The Morgan fingerprint density at radius 1 is 1.31 bits per heavy atom. The third-order valence-electron chi connectivity index (χ3n) is 2.26. The largest absolute Gasteiger partial charge is 0.387 e. The molecule has 1 N–H and O–H groups in total. The number of piperazine rings is 1.